The Balaban J connectivity index is 1.72. The Morgan fingerprint density at radius 3 is 2.96 bits per heavy atom. The van der Waals surface area contributed by atoms with Gasteiger partial charge in [0.1, 0.15) is 12.4 Å². The van der Waals surface area contributed by atoms with Gasteiger partial charge in [-0.15, -0.1) is 0 Å². The number of fused-ring (bicyclic) bond motifs is 1. The molecule has 2 atom stereocenters. The summed E-state index contributed by atoms with van der Waals surface area (Å²) in [6, 6.07) is 11.5. The van der Waals surface area contributed by atoms with Crippen LogP contribution in [0, 0.1) is 0 Å². The first-order valence-electron chi connectivity index (χ1n) is 9.02. The summed E-state index contributed by atoms with van der Waals surface area (Å²) in [4.78, 5) is 17.0. The fourth-order valence-electron chi connectivity index (χ4n) is 3.02. The third-order valence-corrected chi connectivity index (χ3v) is 4.37. The summed E-state index contributed by atoms with van der Waals surface area (Å²) in [5, 5.41) is 15.2. The van der Waals surface area contributed by atoms with Gasteiger partial charge in [-0.25, -0.2) is 4.79 Å². The van der Waals surface area contributed by atoms with Gasteiger partial charge >= 0.3 is 5.97 Å². The van der Waals surface area contributed by atoms with Crippen molar-refractivity contribution in [3.05, 3.63) is 42.0 Å². The predicted octanol–water partition coefficient (Wildman–Crippen LogP) is 1.79. The Kier molecular flexibility index (Phi) is 6.26. The number of nitrogens with zero attached hydrogens (tertiary/aromatic N) is 1. The second kappa shape index (κ2) is 8.83. The summed E-state index contributed by atoms with van der Waals surface area (Å²) >= 11 is 0. The molecule has 0 saturated carbocycles. The minimum Gasteiger partial charge on any atom is -0.489 e. The van der Waals surface area contributed by atoms with Gasteiger partial charge in [0.2, 0.25) is 0 Å². The summed E-state index contributed by atoms with van der Waals surface area (Å²) in [6.07, 6.45) is 0.483. The molecule has 0 aliphatic carbocycles. The maximum atomic E-state index is 11.7. The van der Waals surface area contributed by atoms with E-state index in [0.717, 1.165) is 16.3 Å². The number of benzene rings is 2. The molecular weight excluding hydrogens is 348 g/mol. The summed E-state index contributed by atoms with van der Waals surface area (Å²) in [6.45, 7) is 2.18. The summed E-state index contributed by atoms with van der Waals surface area (Å²) in [5.41, 5.74) is 7.18. The third-order valence-electron chi connectivity index (χ3n) is 4.37. The largest absolute Gasteiger partial charge is 0.489 e. The Morgan fingerprint density at radius 1 is 1.37 bits per heavy atom. The Labute approximate surface area is 157 Å². The number of hydrogen-bond acceptors (Lipinski definition) is 7. The zero-order valence-corrected chi connectivity index (χ0v) is 15.3. The molecule has 2 aromatic rings. The van der Waals surface area contributed by atoms with E-state index in [9.17, 15) is 9.90 Å². The van der Waals surface area contributed by atoms with Gasteiger partial charge in [0.05, 0.1) is 13.2 Å². The lowest BCUT2D eigenvalue weighted by atomic mass is 9.98. The maximum absolute atomic E-state index is 11.7. The molecule has 0 aromatic heterocycles. The van der Waals surface area contributed by atoms with E-state index in [1.807, 2.05) is 36.4 Å². The highest BCUT2D eigenvalue weighted by Gasteiger charge is 2.28. The molecule has 144 valence electrons. The van der Waals surface area contributed by atoms with Crippen molar-refractivity contribution in [2.45, 2.75) is 31.9 Å². The van der Waals surface area contributed by atoms with Crippen LogP contribution in [-0.2, 0) is 20.8 Å². The maximum Gasteiger partial charge on any atom is 0.356 e. The second-order valence-corrected chi connectivity index (χ2v) is 6.41. The smallest absolute Gasteiger partial charge is 0.356 e. The molecule has 1 aliphatic heterocycles. The van der Waals surface area contributed by atoms with E-state index >= 15 is 0 Å². The van der Waals surface area contributed by atoms with E-state index in [-0.39, 0.29) is 31.1 Å². The molecule has 1 heterocycles. The van der Waals surface area contributed by atoms with E-state index in [1.165, 1.54) is 0 Å². The highest BCUT2D eigenvalue weighted by atomic mass is 16.7. The van der Waals surface area contributed by atoms with E-state index in [0.29, 0.717) is 25.2 Å². The lowest BCUT2D eigenvalue weighted by Crippen LogP contribution is -2.27. The minimum atomic E-state index is -0.458. The number of nitrogens with two attached hydrogens (primary N) is 1. The van der Waals surface area contributed by atoms with Crippen LogP contribution in [0.2, 0.25) is 0 Å². The first-order chi connectivity index (χ1) is 13.1. The first kappa shape index (κ1) is 19.1. The second-order valence-electron chi connectivity index (χ2n) is 6.41. The number of carbonyl (C=O) groups is 1. The molecule has 0 amide bonds. The molecule has 2 unspecified atom stereocenters. The fourth-order valence-corrected chi connectivity index (χ4v) is 3.02. The van der Waals surface area contributed by atoms with Crippen LogP contribution in [0.15, 0.2) is 41.6 Å². The number of oxime groups is 1. The van der Waals surface area contributed by atoms with Crippen LogP contribution in [-0.4, -0.2) is 48.8 Å². The molecule has 0 saturated heterocycles. The molecular formula is C20H24N2O5. The highest BCUT2D eigenvalue weighted by Crippen LogP contribution is 2.29. The molecule has 0 bridgehead atoms. The topological polar surface area (TPSA) is 103 Å². The average molecular weight is 372 g/mol. The number of aliphatic hydroxyl groups is 1. The van der Waals surface area contributed by atoms with Crippen molar-refractivity contribution >= 4 is 22.5 Å². The number of rotatable bonds is 8. The van der Waals surface area contributed by atoms with E-state index in [1.54, 1.807) is 6.92 Å². The van der Waals surface area contributed by atoms with Gasteiger partial charge in [-0.3, -0.25) is 0 Å². The average Bonchev–Trinajstić information content (AvgIpc) is 3.16. The standard InChI is InChI=1S/C20H24N2O5/c1-2-25-20(24)18-10-15(27-22-18)12-26-19-8-7-13-5-3-4-6-16(13)17(19)9-14(21)11-23/h3-8,14-15,23H,2,9-12,21H2,1H3. The Bertz CT molecular complexity index is 836. The quantitative estimate of drug-likeness (QED) is 0.685. The van der Waals surface area contributed by atoms with Crippen LogP contribution in [0.1, 0.15) is 18.9 Å². The SMILES string of the molecule is CCOC(=O)C1=NOC(COc2ccc3ccccc3c2CC(N)CO)C1. The van der Waals surface area contributed by atoms with Crippen LogP contribution < -0.4 is 10.5 Å². The van der Waals surface area contributed by atoms with Crippen LogP contribution in [0.25, 0.3) is 10.8 Å². The number of esters is 1. The van der Waals surface area contributed by atoms with Gasteiger partial charge in [-0.05, 0) is 30.2 Å². The van der Waals surface area contributed by atoms with Gasteiger partial charge in [-0.1, -0.05) is 35.5 Å². The van der Waals surface area contributed by atoms with Crippen LogP contribution >= 0.6 is 0 Å². The van der Waals surface area contributed by atoms with E-state index in [4.69, 9.17) is 20.0 Å². The Hall–Kier alpha value is -2.64. The molecule has 1 aliphatic rings. The summed E-state index contributed by atoms with van der Waals surface area (Å²) in [7, 11) is 0. The molecule has 3 rings (SSSR count). The molecule has 0 fully saturated rings. The lowest BCUT2D eigenvalue weighted by Gasteiger charge is -2.18. The van der Waals surface area contributed by atoms with Crippen LogP contribution in [0.4, 0.5) is 0 Å². The highest BCUT2D eigenvalue weighted by molar-refractivity contribution is 6.36. The van der Waals surface area contributed by atoms with E-state index in [2.05, 4.69) is 5.16 Å². The van der Waals surface area contributed by atoms with Crippen molar-refractivity contribution < 1.29 is 24.2 Å². The minimum absolute atomic E-state index is 0.106. The van der Waals surface area contributed by atoms with E-state index < -0.39 is 5.97 Å². The zero-order chi connectivity index (χ0) is 19.2. The van der Waals surface area contributed by atoms with Crippen molar-refractivity contribution in [2.75, 3.05) is 19.8 Å². The van der Waals surface area contributed by atoms with Crippen molar-refractivity contribution in [3.63, 3.8) is 0 Å². The molecule has 7 heteroatoms. The Morgan fingerprint density at radius 2 is 2.19 bits per heavy atom. The van der Waals surface area contributed by atoms with Gasteiger partial charge in [0.15, 0.2) is 11.8 Å². The molecule has 3 N–H and O–H groups in total. The molecule has 0 spiro atoms. The van der Waals surface area contributed by atoms with Crippen molar-refractivity contribution in [1.82, 2.24) is 0 Å². The van der Waals surface area contributed by atoms with Gasteiger partial charge in [0, 0.05) is 18.0 Å². The summed E-state index contributed by atoms with van der Waals surface area (Å²) in [5.74, 6) is 0.228. The van der Waals surface area contributed by atoms with Crippen LogP contribution in [0.5, 0.6) is 5.75 Å². The lowest BCUT2D eigenvalue weighted by molar-refractivity contribution is -0.135. The first-order valence-corrected chi connectivity index (χ1v) is 9.02. The van der Waals surface area contributed by atoms with Gasteiger partial charge in [-0.2, -0.15) is 0 Å². The third kappa shape index (κ3) is 4.56. The molecule has 0 radical (unpaired) electrons. The van der Waals surface area contributed by atoms with Crippen LogP contribution in [0.3, 0.4) is 0 Å². The monoisotopic (exact) mass is 372 g/mol. The molecule has 2 aromatic carbocycles. The predicted molar refractivity (Wildman–Crippen MR) is 102 cm³/mol. The number of carbonyl (C=O) groups excluding carboxylic acids is 1. The van der Waals surface area contributed by atoms with Crippen molar-refractivity contribution in [2.24, 2.45) is 10.9 Å². The number of aliphatic hydroxyl groups excluding tert-OH is 1. The zero-order valence-electron chi connectivity index (χ0n) is 15.3. The molecule has 7 nitrogen and oxygen atoms in total. The fraction of sp³-hybridized carbons (Fsp3) is 0.400. The summed E-state index contributed by atoms with van der Waals surface area (Å²) < 4.78 is 10.9. The normalized spacial score (nSPS) is 17.3. The molecule has 27 heavy (non-hydrogen) atoms. The van der Waals surface area contributed by atoms with Gasteiger partial charge in [0.25, 0.3) is 0 Å². The van der Waals surface area contributed by atoms with Gasteiger partial charge < -0.3 is 25.2 Å². The van der Waals surface area contributed by atoms with Crippen molar-refractivity contribution in [1.29, 1.82) is 0 Å². The van der Waals surface area contributed by atoms with Crippen molar-refractivity contribution in [3.8, 4) is 5.75 Å². The number of hydrogen-bond donors (Lipinski definition) is 2. The number of ether oxygens (including phenoxy) is 2.